The third-order valence-electron chi connectivity index (χ3n) is 2.14. The number of hydrogen-bond donors (Lipinski definition) is 1. The van der Waals surface area contributed by atoms with Crippen molar-refractivity contribution >= 4 is 21.6 Å². The van der Waals surface area contributed by atoms with Gasteiger partial charge in [0.15, 0.2) is 9.84 Å². The molecule has 1 aromatic carbocycles. The highest BCUT2D eigenvalue weighted by Crippen LogP contribution is 2.24. The summed E-state index contributed by atoms with van der Waals surface area (Å²) in [4.78, 5) is 12.5. The third-order valence-corrected chi connectivity index (χ3v) is 3.28. The predicted molar refractivity (Wildman–Crippen MR) is 62.2 cm³/mol. The lowest BCUT2D eigenvalue weighted by Gasteiger charge is -2.20. The summed E-state index contributed by atoms with van der Waals surface area (Å²) in [6.45, 7) is 2.05. The molecular weight excluding hydrogens is 228 g/mol. The number of hydrogen-bond acceptors (Lipinski definition) is 3. The van der Waals surface area contributed by atoms with Crippen LogP contribution in [-0.2, 0) is 9.84 Å². The zero-order chi connectivity index (χ0) is 12.3. The fourth-order valence-electron chi connectivity index (χ4n) is 1.44. The molecule has 1 rings (SSSR count). The number of carbonyl (C=O) groups excluding carboxylic acids is 1. The van der Waals surface area contributed by atoms with Crippen LogP contribution in [0.5, 0.6) is 0 Å². The van der Waals surface area contributed by atoms with E-state index in [1.807, 2.05) is 0 Å². The molecule has 0 spiro atoms. The van der Waals surface area contributed by atoms with E-state index < -0.39 is 15.9 Å². The number of nitrogens with zero attached hydrogens (tertiary/aromatic N) is 1. The summed E-state index contributed by atoms with van der Waals surface area (Å²) in [5.41, 5.74) is 5.50. The number of carbonyl (C=O) groups is 1. The molecule has 0 heterocycles. The highest BCUT2D eigenvalue weighted by atomic mass is 32.2. The number of urea groups is 1. The smallest absolute Gasteiger partial charge is 0.319 e. The Hall–Kier alpha value is -1.56. The molecule has 0 radical (unpaired) electrons. The van der Waals surface area contributed by atoms with Crippen LogP contribution in [0.15, 0.2) is 29.2 Å². The van der Waals surface area contributed by atoms with Gasteiger partial charge in [-0.1, -0.05) is 12.1 Å². The molecule has 16 heavy (non-hydrogen) atoms. The monoisotopic (exact) mass is 242 g/mol. The van der Waals surface area contributed by atoms with Gasteiger partial charge in [-0.05, 0) is 19.1 Å². The first-order chi connectivity index (χ1) is 7.38. The van der Waals surface area contributed by atoms with Crippen molar-refractivity contribution in [2.45, 2.75) is 11.8 Å². The molecule has 0 aromatic heterocycles. The average Bonchev–Trinajstić information content (AvgIpc) is 2.17. The van der Waals surface area contributed by atoms with Gasteiger partial charge in [-0.15, -0.1) is 0 Å². The summed E-state index contributed by atoms with van der Waals surface area (Å²) in [5, 5.41) is 0. The minimum absolute atomic E-state index is 0.107. The molecule has 6 heteroatoms. The van der Waals surface area contributed by atoms with Gasteiger partial charge in [-0.25, -0.2) is 13.2 Å². The van der Waals surface area contributed by atoms with Crippen LogP contribution >= 0.6 is 0 Å². The van der Waals surface area contributed by atoms with Crippen molar-refractivity contribution in [3.05, 3.63) is 24.3 Å². The molecule has 0 bridgehead atoms. The third kappa shape index (κ3) is 2.52. The molecule has 0 aliphatic rings. The van der Waals surface area contributed by atoms with E-state index in [-0.39, 0.29) is 4.90 Å². The molecule has 0 aliphatic heterocycles. The van der Waals surface area contributed by atoms with Crippen molar-refractivity contribution in [3.8, 4) is 0 Å². The molecule has 0 fully saturated rings. The summed E-state index contributed by atoms with van der Waals surface area (Å²) >= 11 is 0. The largest absolute Gasteiger partial charge is 0.351 e. The van der Waals surface area contributed by atoms with Crippen LogP contribution in [0, 0.1) is 0 Å². The van der Waals surface area contributed by atoms with Crippen molar-refractivity contribution in [2.75, 3.05) is 17.7 Å². The lowest BCUT2D eigenvalue weighted by molar-refractivity contribution is 0.254. The maximum absolute atomic E-state index is 11.5. The number of amides is 2. The predicted octanol–water partition coefficient (Wildman–Crippen LogP) is 0.995. The Morgan fingerprint density at radius 1 is 1.38 bits per heavy atom. The molecule has 0 saturated heterocycles. The van der Waals surface area contributed by atoms with E-state index >= 15 is 0 Å². The van der Waals surface area contributed by atoms with E-state index in [1.54, 1.807) is 25.1 Å². The second-order valence-corrected chi connectivity index (χ2v) is 5.31. The standard InChI is InChI=1S/C10H14N2O3S/c1-3-12(10(11)13)8-6-4-5-7-9(8)16(2,14)15/h4-7H,3H2,1-2H3,(H2,11,13). The van der Waals surface area contributed by atoms with Gasteiger partial charge in [-0.3, -0.25) is 4.90 Å². The van der Waals surface area contributed by atoms with Gasteiger partial charge in [0, 0.05) is 12.8 Å². The topological polar surface area (TPSA) is 80.5 Å². The van der Waals surface area contributed by atoms with Crippen LogP contribution in [0.4, 0.5) is 10.5 Å². The van der Waals surface area contributed by atoms with E-state index in [0.717, 1.165) is 6.26 Å². The Kier molecular flexibility index (Phi) is 3.54. The minimum atomic E-state index is -3.37. The second kappa shape index (κ2) is 4.52. The number of benzene rings is 1. The van der Waals surface area contributed by atoms with Crippen molar-refractivity contribution < 1.29 is 13.2 Å². The summed E-state index contributed by atoms with van der Waals surface area (Å²) in [6.07, 6.45) is 1.10. The first-order valence-electron chi connectivity index (χ1n) is 4.74. The number of sulfone groups is 1. The van der Waals surface area contributed by atoms with Gasteiger partial charge < -0.3 is 5.73 Å². The zero-order valence-electron chi connectivity index (χ0n) is 9.17. The highest BCUT2D eigenvalue weighted by Gasteiger charge is 2.19. The van der Waals surface area contributed by atoms with Crippen LogP contribution in [0.1, 0.15) is 6.92 Å². The zero-order valence-corrected chi connectivity index (χ0v) is 9.99. The molecule has 1 aromatic rings. The van der Waals surface area contributed by atoms with Crippen molar-refractivity contribution in [3.63, 3.8) is 0 Å². The second-order valence-electron chi connectivity index (χ2n) is 3.32. The molecular formula is C10H14N2O3S. The van der Waals surface area contributed by atoms with Crippen LogP contribution < -0.4 is 10.6 Å². The van der Waals surface area contributed by atoms with Gasteiger partial charge >= 0.3 is 6.03 Å². The van der Waals surface area contributed by atoms with Crippen LogP contribution in [0.2, 0.25) is 0 Å². The Morgan fingerprint density at radius 2 is 1.94 bits per heavy atom. The lowest BCUT2D eigenvalue weighted by atomic mass is 10.3. The van der Waals surface area contributed by atoms with E-state index in [2.05, 4.69) is 0 Å². The maximum atomic E-state index is 11.5. The minimum Gasteiger partial charge on any atom is -0.351 e. The SMILES string of the molecule is CCN(C(N)=O)c1ccccc1S(C)(=O)=O. The number of anilines is 1. The Labute approximate surface area is 94.8 Å². The fraction of sp³-hybridized carbons (Fsp3) is 0.300. The Bertz CT molecular complexity index is 497. The molecule has 2 N–H and O–H groups in total. The molecule has 2 amide bonds. The molecule has 0 unspecified atom stereocenters. The van der Waals surface area contributed by atoms with Crippen molar-refractivity contribution in [2.24, 2.45) is 5.73 Å². The van der Waals surface area contributed by atoms with E-state index in [4.69, 9.17) is 5.73 Å². The van der Waals surface area contributed by atoms with Gasteiger partial charge in [0.25, 0.3) is 0 Å². The summed E-state index contributed by atoms with van der Waals surface area (Å²) in [7, 11) is -3.37. The van der Waals surface area contributed by atoms with Crippen molar-refractivity contribution in [1.29, 1.82) is 0 Å². The summed E-state index contributed by atoms with van der Waals surface area (Å²) in [6, 6.07) is 5.62. The number of para-hydroxylation sites is 1. The molecule has 0 saturated carbocycles. The van der Waals surface area contributed by atoms with Crippen LogP contribution in [0.3, 0.4) is 0 Å². The Morgan fingerprint density at radius 3 is 2.38 bits per heavy atom. The van der Waals surface area contributed by atoms with Gasteiger partial charge in [-0.2, -0.15) is 0 Å². The quantitative estimate of drug-likeness (QED) is 0.858. The van der Waals surface area contributed by atoms with Crippen molar-refractivity contribution in [1.82, 2.24) is 0 Å². The van der Waals surface area contributed by atoms with Gasteiger partial charge in [0.05, 0.1) is 10.6 Å². The number of primary amides is 1. The normalized spacial score (nSPS) is 11.1. The van der Waals surface area contributed by atoms with E-state index in [1.165, 1.54) is 11.0 Å². The summed E-state index contributed by atoms with van der Waals surface area (Å²) < 4.78 is 23.0. The highest BCUT2D eigenvalue weighted by molar-refractivity contribution is 7.90. The van der Waals surface area contributed by atoms with Gasteiger partial charge in [0.2, 0.25) is 0 Å². The van der Waals surface area contributed by atoms with Crippen LogP contribution in [-0.4, -0.2) is 27.2 Å². The number of nitrogens with two attached hydrogens (primary N) is 1. The molecule has 0 atom stereocenters. The van der Waals surface area contributed by atoms with E-state index in [9.17, 15) is 13.2 Å². The first-order valence-corrected chi connectivity index (χ1v) is 6.63. The van der Waals surface area contributed by atoms with E-state index in [0.29, 0.717) is 12.2 Å². The van der Waals surface area contributed by atoms with Gasteiger partial charge in [0.1, 0.15) is 0 Å². The molecule has 0 aliphatic carbocycles. The summed E-state index contributed by atoms with van der Waals surface area (Å²) in [5.74, 6) is 0. The lowest BCUT2D eigenvalue weighted by Crippen LogP contribution is -2.36. The molecule has 5 nitrogen and oxygen atoms in total. The number of rotatable bonds is 3. The maximum Gasteiger partial charge on any atom is 0.319 e. The first kappa shape index (κ1) is 12.5. The fourth-order valence-corrected chi connectivity index (χ4v) is 2.32. The average molecular weight is 242 g/mol. The molecule has 88 valence electrons. The van der Waals surface area contributed by atoms with Crippen LogP contribution in [0.25, 0.3) is 0 Å². The Balaban J connectivity index is 3.39.